The van der Waals surface area contributed by atoms with Gasteiger partial charge in [0, 0.05) is 121 Å². The molecule has 0 bridgehead atoms. The van der Waals surface area contributed by atoms with Crippen molar-refractivity contribution in [1.29, 1.82) is 0 Å². The molecule has 15 heteroatoms. The first-order valence-electron chi connectivity index (χ1n) is 10.8. The van der Waals surface area contributed by atoms with Crippen LogP contribution in [0.15, 0.2) is 71.1 Å². The zero-order valence-corrected chi connectivity index (χ0v) is 28.8. The molecule has 38 heavy (non-hydrogen) atoms. The van der Waals surface area contributed by atoms with Gasteiger partial charge in [-0.2, -0.15) is 0 Å². The van der Waals surface area contributed by atoms with Crippen LogP contribution in [-0.2, 0) is 34.3 Å². The molecule has 4 aromatic rings. The van der Waals surface area contributed by atoms with Crippen LogP contribution in [0.3, 0.4) is 0 Å². The molecule has 0 fully saturated rings. The molecule has 0 aliphatic rings. The van der Waals surface area contributed by atoms with Crippen LogP contribution in [0.4, 0.5) is 0 Å². The molecule has 11 nitrogen and oxygen atoms in total. The molecule has 0 aliphatic carbocycles. The van der Waals surface area contributed by atoms with E-state index in [-0.39, 0.29) is 131 Å². The van der Waals surface area contributed by atoms with Crippen LogP contribution >= 0.6 is 11.3 Å². The third-order valence-electron chi connectivity index (χ3n) is 5.42. The van der Waals surface area contributed by atoms with Crippen molar-refractivity contribution in [2.75, 3.05) is 0 Å². The van der Waals surface area contributed by atoms with E-state index in [1.807, 2.05) is 24.3 Å². The van der Waals surface area contributed by atoms with Gasteiger partial charge in [0.2, 0.25) is 10.0 Å². The summed E-state index contributed by atoms with van der Waals surface area (Å²) in [5, 5.41) is 26.5. The van der Waals surface area contributed by atoms with Crippen LogP contribution in [0.2, 0.25) is 0 Å². The van der Waals surface area contributed by atoms with E-state index in [1.165, 1.54) is 29.1 Å². The minimum atomic E-state index is -3.81. The van der Waals surface area contributed by atoms with E-state index in [0.29, 0.717) is 12.1 Å². The topological polar surface area (TPSA) is 172 Å². The monoisotopic (exact) mass is 606 g/mol. The Bertz CT molecular complexity index is 1440. The van der Waals surface area contributed by atoms with E-state index in [9.17, 15) is 18.3 Å². The molecule has 2 heterocycles. The van der Waals surface area contributed by atoms with Crippen molar-refractivity contribution in [3.05, 3.63) is 83.7 Å². The van der Waals surface area contributed by atoms with Crippen molar-refractivity contribution < 1.29 is 23.5 Å². The molecule has 0 saturated heterocycles. The van der Waals surface area contributed by atoms with Crippen LogP contribution in [0.25, 0.3) is 10.4 Å². The molecule has 0 unspecified atom stereocenters. The maximum atomic E-state index is 12.8. The first-order valence-corrected chi connectivity index (χ1v) is 13.1. The maximum absolute atomic E-state index is 12.8. The molecular formula is C23H24K2N6O5S2. The van der Waals surface area contributed by atoms with E-state index in [1.54, 1.807) is 23.7 Å². The number of hydrogen-bond donors (Lipinski definition) is 5. The summed E-state index contributed by atoms with van der Waals surface area (Å²) in [5.74, 6) is -0.634. The van der Waals surface area contributed by atoms with Gasteiger partial charge in [-0.15, -0.1) is 16.4 Å². The number of nitrogens with two attached hydrogens (primary N) is 1. The third-order valence-corrected chi connectivity index (χ3v) is 8.45. The van der Waals surface area contributed by atoms with E-state index >= 15 is 0 Å². The summed E-state index contributed by atoms with van der Waals surface area (Å²) in [6.45, 7) is 0.286. The number of amides is 1. The summed E-state index contributed by atoms with van der Waals surface area (Å²) < 4.78 is 29.5. The SMILES string of the molecule is NCc1ccc(-c2ccc(S(=O)(=O)NCc3cn([C@@H](Cc4ccc(O)cc4)C(=O)NO)nn3)s2)cc1.[K].[K]. The number of phenols is 1. The molecule has 0 aliphatic heterocycles. The summed E-state index contributed by atoms with van der Waals surface area (Å²) >= 11 is 1.14. The van der Waals surface area contributed by atoms with Gasteiger partial charge in [-0.3, -0.25) is 10.0 Å². The molecule has 1 atom stereocenters. The Hall–Kier alpha value is -0.347. The molecule has 0 saturated carbocycles. The van der Waals surface area contributed by atoms with Crippen LogP contribution < -0.4 is 15.9 Å². The number of benzene rings is 2. The number of carbonyl (C=O) groups excluding carboxylic acids is 1. The average Bonchev–Trinajstić information content (AvgIpc) is 3.58. The number of aromatic nitrogens is 3. The Morgan fingerprint density at radius 1 is 1.03 bits per heavy atom. The van der Waals surface area contributed by atoms with Gasteiger partial charge in [0.05, 0.1) is 18.4 Å². The zero-order valence-electron chi connectivity index (χ0n) is 20.9. The summed E-state index contributed by atoms with van der Waals surface area (Å²) in [6, 6.07) is 16.2. The summed E-state index contributed by atoms with van der Waals surface area (Å²) in [6.07, 6.45) is 1.59. The smallest absolute Gasteiger partial charge is 0.268 e. The summed E-state index contributed by atoms with van der Waals surface area (Å²) in [5.41, 5.74) is 10.1. The minimum absolute atomic E-state index is 0. The van der Waals surface area contributed by atoms with E-state index < -0.39 is 22.0 Å². The first kappa shape index (κ1) is 33.9. The second kappa shape index (κ2) is 15.6. The van der Waals surface area contributed by atoms with Gasteiger partial charge in [-0.1, -0.05) is 41.6 Å². The van der Waals surface area contributed by atoms with Crippen molar-refractivity contribution >= 4 is 130 Å². The Balaban J connectivity index is 0.00000253. The van der Waals surface area contributed by atoms with E-state index in [4.69, 9.17) is 10.9 Å². The number of rotatable bonds is 10. The molecule has 2 radical (unpaired) electrons. The van der Waals surface area contributed by atoms with E-state index in [2.05, 4.69) is 15.0 Å². The number of thiophene rings is 1. The van der Waals surface area contributed by atoms with E-state index in [0.717, 1.165) is 27.3 Å². The van der Waals surface area contributed by atoms with Crippen molar-refractivity contribution in [2.24, 2.45) is 5.73 Å². The first-order chi connectivity index (χ1) is 17.3. The number of nitrogens with one attached hydrogen (secondary N) is 2. The molecule has 2 aromatic heterocycles. The Kier molecular flexibility index (Phi) is 13.9. The van der Waals surface area contributed by atoms with Crippen LogP contribution in [0.5, 0.6) is 5.75 Å². The van der Waals surface area contributed by atoms with Crippen LogP contribution in [-0.4, -0.2) is 142 Å². The normalized spacial score (nSPS) is 11.7. The maximum Gasteiger partial charge on any atom is 0.268 e. The molecule has 4 rings (SSSR count). The van der Waals surface area contributed by atoms with Crippen LogP contribution in [0, 0.1) is 0 Å². The fourth-order valence-corrected chi connectivity index (χ4v) is 5.80. The Morgan fingerprint density at radius 2 is 1.68 bits per heavy atom. The standard InChI is InChI=1S/C23H24N6O5S2.2K/c24-12-16-1-5-17(6-2-16)21-9-10-22(35-21)36(33,34)25-13-18-14-29(28-26-18)20(23(31)27-32)11-15-3-7-19(30)8-4-15;;/h1-10,14,20,25,30,32H,11-13,24H2,(H,27,31);;/t20-;;/m0../s1. The number of phenolic OH excluding ortho intramolecular Hbond substituents is 1. The van der Waals surface area contributed by atoms with Crippen molar-refractivity contribution in [1.82, 2.24) is 25.2 Å². The van der Waals surface area contributed by atoms with Crippen molar-refractivity contribution in [3.8, 4) is 16.2 Å². The van der Waals surface area contributed by atoms with Gasteiger partial charge in [0.1, 0.15) is 16.0 Å². The van der Waals surface area contributed by atoms with Crippen molar-refractivity contribution in [3.63, 3.8) is 0 Å². The Labute approximate surface area is 309 Å². The van der Waals surface area contributed by atoms with Gasteiger partial charge < -0.3 is 10.8 Å². The number of aromatic hydroxyl groups is 1. The van der Waals surface area contributed by atoms with Gasteiger partial charge >= 0.3 is 0 Å². The fraction of sp³-hybridized carbons (Fsp3) is 0.174. The van der Waals surface area contributed by atoms with Gasteiger partial charge in [-0.25, -0.2) is 23.3 Å². The van der Waals surface area contributed by atoms with Crippen LogP contribution in [0.1, 0.15) is 22.9 Å². The second-order valence-corrected chi connectivity index (χ2v) is 11.0. The summed E-state index contributed by atoms with van der Waals surface area (Å²) in [7, 11) is -3.81. The number of hydroxylamine groups is 1. The third kappa shape index (κ3) is 8.82. The fourth-order valence-electron chi connectivity index (χ4n) is 3.45. The van der Waals surface area contributed by atoms with Gasteiger partial charge in [-0.05, 0) is 41.0 Å². The number of sulfonamides is 1. The van der Waals surface area contributed by atoms with Gasteiger partial charge in [0.25, 0.3) is 5.91 Å². The predicted octanol–water partition coefficient (Wildman–Crippen LogP) is 1.18. The van der Waals surface area contributed by atoms with Gasteiger partial charge in [0.15, 0.2) is 0 Å². The summed E-state index contributed by atoms with van der Waals surface area (Å²) in [4.78, 5) is 13.0. The number of carbonyl (C=O) groups is 1. The second-order valence-electron chi connectivity index (χ2n) is 7.90. The number of nitrogens with zero attached hydrogens (tertiary/aromatic N) is 3. The largest absolute Gasteiger partial charge is 0.508 e. The molecule has 190 valence electrons. The molecular weight excluding hydrogens is 583 g/mol. The molecule has 6 N–H and O–H groups in total. The molecule has 0 spiro atoms. The molecule has 1 amide bonds. The zero-order chi connectivity index (χ0) is 25.7. The Morgan fingerprint density at radius 3 is 2.32 bits per heavy atom. The average molecular weight is 607 g/mol. The number of hydrogen-bond acceptors (Lipinski definition) is 9. The molecule has 2 aromatic carbocycles. The minimum Gasteiger partial charge on any atom is -0.508 e. The van der Waals surface area contributed by atoms with Crippen molar-refractivity contribution in [2.45, 2.75) is 29.8 Å². The quantitative estimate of drug-likeness (QED) is 0.102. The predicted molar refractivity (Wildman–Crippen MR) is 144 cm³/mol.